The molecule has 0 radical (unpaired) electrons. The second kappa shape index (κ2) is 4.92. The molecule has 90 valence electrons. The fourth-order valence-electron chi connectivity index (χ4n) is 1.33. The van der Waals surface area contributed by atoms with Crippen molar-refractivity contribution in [2.45, 2.75) is 11.0 Å². The molecule has 0 aliphatic heterocycles. The Morgan fingerprint density at radius 3 is 2.19 bits per heavy atom. The lowest BCUT2D eigenvalue weighted by Crippen LogP contribution is -2.20. The van der Waals surface area contributed by atoms with E-state index in [1.54, 1.807) is 12.1 Å². The molecule has 1 atom stereocenters. The van der Waals surface area contributed by atoms with Crippen LogP contribution in [0.2, 0.25) is 0 Å². The number of aliphatic hydroxyl groups excluding tert-OH is 1. The molecule has 0 aliphatic rings. The van der Waals surface area contributed by atoms with Gasteiger partial charge in [-0.05, 0) is 31.8 Å². The van der Waals surface area contributed by atoms with E-state index in [1.807, 2.05) is 19.0 Å². The summed E-state index contributed by atoms with van der Waals surface area (Å²) in [4.78, 5) is 1.89. The third kappa shape index (κ3) is 3.57. The Bertz CT molecular complexity index is 440. The third-order valence-electron chi connectivity index (χ3n) is 2.13. The summed E-state index contributed by atoms with van der Waals surface area (Å²) in [6.07, 6.45) is -0.635. The number of nitrogens with two attached hydrogens (primary N) is 1. The minimum Gasteiger partial charge on any atom is -0.387 e. The van der Waals surface area contributed by atoms with E-state index in [0.29, 0.717) is 12.1 Å². The van der Waals surface area contributed by atoms with Crippen molar-refractivity contribution in [3.63, 3.8) is 0 Å². The first kappa shape index (κ1) is 13.1. The first-order valence-corrected chi connectivity index (χ1v) is 6.31. The molecule has 1 aromatic carbocycles. The number of benzene rings is 1. The van der Waals surface area contributed by atoms with Crippen LogP contribution >= 0.6 is 0 Å². The van der Waals surface area contributed by atoms with Crippen molar-refractivity contribution in [1.82, 2.24) is 4.90 Å². The van der Waals surface area contributed by atoms with Crippen molar-refractivity contribution in [2.75, 3.05) is 20.6 Å². The molecular weight excluding hydrogens is 228 g/mol. The molecule has 0 aliphatic carbocycles. The van der Waals surface area contributed by atoms with E-state index in [9.17, 15) is 13.5 Å². The Balaban J connectivity index is 2.87. The molecule has 0 bridgehead atoms. The van der Waals surface area contributed by atoms with Gasteiger partial charge in [-0.15, -0.1) is 0 Å². The Morgan fingerprint density at radius 2 is 1.81 bits per heavy atom. The molecular formula is C10H16N2O3S. The third-order valence-corrected chi connectivity index (χ3v) is 3.06. The molecule has 6 heteroatoms. The largest absolute Gasteiger partial charge is 0.387 e. The number of primary sulfonamides is 1. The maximum Gasteiger partial charge on any atom is 0.238 e. The van der Waals surface area contributed by atoms with Gasteiger partial charge in [0.1, 0.15) is 0 Å². The van der Waals surface area contributed by atoms with Gasteiger partial charge in [0.15, 0.2) is 0 Å². The predicted molar refractivity (Wildman–Crippen MR) is 61.3 cm³/mol. The minimum atomic E-state index is -3.66. The zero-order valence-electron chi connectivity index (χ0n) is 9.29. The summed E-state index contributed by atoms with van der Waals surface area (Å²) in [6, 6.07) is 5.91. The Labute approximate surface area is 95.5 Å². The SMILES string of the molecule is CN(C)CC(O)c1ccc(S(N)(=O)=O)cc1. The van der Waals surface area contributed by atoms with Gasteiger partial charge in [-0.2, -0.15) is 0 Å². The zero-order chi connectivity index (χ0) is 12.3. The Hall–Kier alpha value is -0.950. The van der Waals surface area contributed by atoms with Crippen molar-refractivity contribution in [2.24, 2.45) is 5.14 Å². The molecule has 1 unspecified atom stereocenters. The lowest BCUT2D eigenvalue weighted by atomic mass is 10.1. The van der Waals surface area contributed by atoms with Gasteiger partial charge in [-0.3, -0.25) is 0 Å². The molecule has 5 nitrogen and oxygen atoms in total. The standard InChI is InChI=1S/C10H16N2O3S/c1-12(2)7-10(13)8-3-5-9(6-4-8)16(11,14)15/h3-6,10,13H,7H2,1-2H3,(H2,11,14,15). The molecule has 0 saturated heterocycles. The van der Waals surface area contributed by atoms with Crippen LogP contribution in [0.4, 0.5) is 0 Å². The van der Waals surface area contributed by atoms with Gasteiger partial charge in [0, 0.05) is 6.54 Å². The van der Waals surface area contributed by atoms with Crippen molar-refractivity contribution < 1.29 is 13.5 Å². The number of hydrogen-bond donors (Lipinski definition) is 2. The highest BCUT2D eigenvalue weighted by Crippen LogP contribution is 2.16. The highest BCUT2D eigenvalue weighted by atomic mass is 32.2. The second-order valence-corrected chi connectivity index (χ2v) is 5.45. The average Bonchev–Trinajstić information content (AvgIpc) is 2.15. The monoisotopic (exact) mass is 244 g/mol. The summed E-state index contributed by atoms with van der Waals surface area (Å²) in [5.41, 5.74) is 0.668. The molecule has 0 fully saturated rings. The van der Waals surface area contributed by atoms with Gasteiger partial charge in [-0.1, -0.05) is 12.1 Å². The van der Waals surface area contributed by atoms with Gasteiger partial charge in [0.25, 0.3) is 0 Å². The maximum absolute atomic E-state index is 11.0. The van der Waals surface area contributed by atoms with Gasteiger partial charge < -0.3 is 10.0 Å². The lowest BCUT2D eigenvalue weighted by molar-refractivity contribution is 0.138. The van der Waals surface area contributed by atoms with Crippen LogP contribution in [0.25, 0.3) is 0 Å². The minimum absolute atomic E-state index is 0.0494. The van der Waals surface area contributed by atoms with E-state index in [4.69, 9.17) is 5.14 Å². The van der Waals surface area contributed by atoms with E-state index in [1.165, 1.54) is 12.1 Å². The van der Waals surface area contributed by atoms with E-state index < -0.39 is 16.1 Å². The van der Waals surface area contributed by atoms with E-state index in [0.717, 1.165) is 0 Å². The smallest absolute Gasteiger partial charge is 0.238 e. The summed E-state index contributed by atoms with van der Waals surface area (Å²) >= 11 is 0. The highest BCUT2D eigenvalue weighted by Gasteiger charge is 2.11. The number of rotatable bonds is 4. The molecule has 0 aromatic heterocycles. The van der Waals surface area contributed by atoms with Gasteiger partial charge in [-0.25, -0.2) is 13.6 Å². The van der Waals surface area contributed by atoms with Crippen LogP contribution in [0.5, 0.6) is 0 Å². The van der Waals surface area contributed by atoms with Crippen LogP contribution in [0, 0.1) is 0 Å². The second-order valence-electron chi connectivity index (χ2n) is 3.89. The van der Waals surface area contributed by atoms with Gasteiger partial charge in [0.05, 0.1) is 11.0 Å². The van der Waals surface area contributed by atoms with E-state index in [2.05, 4.69) is 0 Å². The summed E-state index contributed by atoms with van der Waals surface area (Å²) in [6.45, 7) is 0.481. The van der Waals surface area contributed by atoms with Crippen molar-refractivity contribution in [1.29, 1.82) is 0 Å². The summed E-state index contributed by atoms with van der Waals surface area (Å²) < 4.78 is 22.0. The number of likely N-dealkylation sites (N-methyl/N-ethyl adjacent to an activating group) is 1. The Morgan fingerprint density at radius 1 is 1.31 bits per heavy atom. The van der Waals surface area contributed by atoms with E-state index >= 15 is 0 Å². The molecule has 3 N–H and O–H groups in total. The molecule has 1 aromatic rings. The summed E-state index contributed by atoms with van der Waals surface area (Å²) in [5, 5.41) is 14.7. The van der Waals surface area contributed by atoms with Gasteiger partial charge >= 0.3 is 0 Å². The summed E-state index contributed by atoms with van der Waals surface area (Å²) in [7, 11) is 0.0379. The van der Waals surface area contributed by atoms with Crippen LogP contribution in [0.15, 0.2) is 29.2 Å². The van der Waals surface area contributed by atoms with Crippen molar-refractivity contribution >= 4 is 10.0 Å². The molecule has 0 heterocycles. The van der Waals surface area contributed by atoms with Crippen LogP contribution in [-0.2, 0) is 10.0 Å². The van der Waals surface area contributed by atoms with Crippen LogP contribution in [0.1, 0.15) is 11.7 Å². The van der Waals surface area contributed by atoms with E-state index in [-0.39, 0.29) is 4.90 Å². The maximum atomic E-state index is 11.0. The first-order chi connectivity index (χ1) is 7.30. The van der Waals surface area contributed by atoms with Gasteiger partial charge in [0.2, 0.25) is 10.0 Å². The van der Waals surface area contributed by atoms with Crippen LogP contribution < -0.4 is 5.14 Å². The van der Waals surface area contributed by atoms with Crippen LogP contribution in [-0.4, -0.2) is 39.1 Å². The Kier molecular flexibility index (Phi) is 4.03. The number of aliphatic hydroxyl groups is 1. The predicted octanol–water partition coefficient (Wildman–Crippen LogP) is -0.0710. The quantitative estimate of drug-likeness (QED) is 0.776. The molecule has 0 saturated carbocycles. The average molecular weight is 244 g/mol. The number of hydrogen-bond acceptors (Lipinski definition) is 4. The summed E-state index contributed by atoms with van der Waals surface area (Å²) in [5.74, 6) is 0. The number of nitrogens with zero attached hydrogens (tertiary/aromatic N) is 1. The molecule has 0 amide bonds. The fourth-order valence-corrected chi connectivity index (χ4v) is 1.85. The number of sulfonamides is 1. The highest BCUT2D eigenvalue weighted by molar-refractivity contribution is 7.89. The van der Waals surface area contributed by atoms with Crippen LogP contribution in [0.3, 0.4) is 0 Å². The van der Waals surface area contributed by atoms with Crippen molar-refractivity contribution in [3.05, 3.63) is 29.8 Å². The van der Waals surface area contributed by atoms with Crippen molar-refractivity contribution in [3.8, 4) is 0 Å². The first-order valence-electron chi connectivity index (χ1n) is 4.76. The normalized spacial score (nSPS) is 14.1. The molecule has 0 spiro atoms. The zero-order valence-corrected chi connectivity index (χ0v) is 10.1. The fraction of sp³-hybridized carbons (Fsp3) is 0.400. The molecule has 1 rings (SSSR count). The topological polar surface area (TPSA) is 83.6 Å². The lowest BCUT2D eigenvalue weighted by Gasteiger charge is -2.16. The molecule has 16 heavy (non-hydrogen) atoms.